The van der Waals surface area contributed by atoms with Crippen molar-refractivity contribution >= 4 is 6.29 Å². The minimum Gasteiger partial charge on any atom is -0.298 e. The van der Waals surface area contributed by atoms with Gasteiger partial charge in [-0.3, -0.25) is 4.79 Å². The molecule has 1 aromatic carbocycles. The first-order valence-electron chi connectivity index (χ1n) is 3.72. The van der Waals surface area contributed by atoms with E-state index in [1.807, 2.05) is 19.9 Å². The Kier molecular flexibility index (Phi) is 2.30. The van der Waals surface area contributed by atoms with Crippen LogP contribution in [0.4, 0.5) is 0 Å². The monoisotopic (exact) mass is 158 g/mol. The second-order valence-electron chi connectivity index (χ2n) is 2.79. The van der Waals surface area contributed by atoms with E-state index in [0.717, 1.165) is 23.0 Å². The van der Waals surface area contributed by atoms with Gasteiger partial charge in [-0.1, -0.05) is 12.0 Å². The quantitative estimate of drug-likeness (QED) is 0.452. The number of aldehydes is 1. The number of carbonyl (C=O) groups is 1. The maximum atomic E-state index is 10.5. The van der Waals surface area contributed by atoms with Crippen LogP contribution in [-0.2, 0) is 0 Å². The van der Waals surface area contributed by atoms with Crippen LogP contribution < -0.4 is 0 Å². The van der Waals surface area contributed by atoms with Crippen LogP contribution in [0.1, 0.15) is 27.0 Å². The van der Waals surface area contributed by atoms with Crippen molar-refractivity contribution in [3.05, 3.63) is 34.4 Å². The Morgan fingerprint density at radius 3 is 2.50 bits per heavy atom. The molecule has 0 spiro atoms. The highest BCUT2D eigenvalue weighted by molar-refractivity contribution is 5.78. The highest BCUT2D eigenvalue weighted by atomic mass is 16.1. The smallest absolute Gasteiger partial charge is 0.150 e. The number of rotatable bonds is 1. The second-order valence-corrected chi connectivity index (χ2v) is 2.79. The lowest BCUT2D eigenvalue weighted by Crippen LogP contribution is -1.91. The molecule has 0 atom stereocenters. The summed E-state index contributed by atoms with van der Waals surface area (Å²) in [6, 6.07) is 3.68. The summed E-state index contributed by atoms with van der Waals surface area (Å²) < 4.78 is 0. The average Bonchev–Trinajstić information content (AvgIpc) is 2.05. The molecular formula is C11H10O. The van der Waals surface area contributed by atoms with Crippen molar-refractivity contribution in [2.75, 3.05) is 0 Å². The first-order chi connectivity index (χ1) is 5.69. The minimum atomic E-state index is 0.675. The zero-order valence-corrected chi connectivity index (χ0v) is 7.22. The van der Waals surface area contributed by atoms with E-state index in [1.54, 1.807) is 6.07 Å². The van der Waals surface area contributed by atoms with E-state index in [9.17, 15) is 4.79 Å². The molecule has 0 amide bonds. The van der Waals surface area contributed by atoms with Crippen molar-refractivity contribution in [2.24, 2.45) is 0 Å². The summed E-state index contributed by atoms with van der Waals surface area (Å²) in [7, 11) is 0. The molecule has 0 heterocycles. The molecule has 0 aliphatic rings. The van der Waals surface area contributed by atoms with Crippen LogP contribution in [0, 0.1) is 26.2 Å². The van der Waals surface area contributed by atoms with Gasteiger partial charge in [0, 0.05) is 11.1 Å². The van der Waals surface area contributed by atoms with Crippen LogP contribution in [0.5, 0.6) is 0 Å². The fourth-order valence-electron chi connectivity index (χ4n) is 1.15. The lowest BCUT2D eigenvalue weighted by atomic mass is 10.0. The topological polar surface area (TPSA) is 17.1 Å². The molecule has 12 heavy (non-hydrogen) atoms. The van der Waals surface area contributed by atoms with E-state index in [4.69, 9.17) is 6.42 Å². The molecule has 0 fully saturated rings. The Hall–Kier alpha value is -1.55. The third-order valence-electron chi connectivity index (χ3n) is 1.90. The molecule has 0 N–H and O–H groups in total. The number of hydrogen-bond acceptors (Lipinski definition) is 1. The van der Waals surface area contributed by atoms with Gasteiger partial charge in [0.25, 0.3) is 0 Å². The maximum absolute atomic E-state index is 10.5. The second kappa shape index (κ2) is 3.23. The van der Waals surface area contributed by atoms with Crippen molar-refractivity contribution in [1.29, 1.82) is 0 Å². The largest absolute Gasteiger partial charge is 0.298 e. The van der Waals surface area contributed by atoms with Gasteiger partial charge in [-0.15, -0.1) is 6.42 Å². The molecule has 0 radical (unpaired) electrons. The van der Waals surface area contributed by atoms with Crippen LogP contribution in [0.15, 0.2) is 12.1 Å². The molecule has 0 saturated heterocycles. The first-order valence-corrected chi connectivity index (χ1v) is 3.72. The summed E-state index contributed by atoms with van der Waals surface area (Å²) in [5.41, 5.74) is 3.48. The number of carbonyl (C=O) groups excluding carboxylic acids is 1. The van der Waals surface area contributed by atoms with E-state index in [-0.39, 0.29) is 0 Å². The molecule has 1 heteroatoms. The zero-order chi connectivity index (χ0) is 9.14. The summed E-state index contributed by atoms with van der Waals surface area (Å²) in [5, 5.41) is 0. The third kappa shape index (κ3) is 1.38. The molecule has 0 aliphatic carbocycles. The fourth-order valence-corrected chi connectivity index (χ4v) is 1.15. The van der Waals surface area contributed by atoms with E-state index in [1.165, 1.54) is 0 Å². The minimum absolute atomic E-state index is 0.675. The molecule has 60 valence electrons. The highest BCUT2D eigenvalue weighted by Crippen LogP contribution is 2.13. The van der Waals surface area contributed by atoms with Crippen LogP contribution in [0.2, 0.25) is 0 Å². The van der Waals surface area contributed by atoms with E-state index in [0.29, 0.717) is 5.56 Å². The molecule has 1 aromatic rings. The van der Waals surface area contributed by atoms with Crippen molar-refractivity contribution in [1.82, 2.24) is 0 Å². The van der Waals surface area contributed by atoms with Crippen molar-refractivity contribution in [3.8, 4) is 12.3 Å². The number of benzene rings is 1. The van der Waals surface area contributed by atoms with Gasteiger partial charge in [-0.2, -0.15) is 0 Å². The van der Waals surface area contributed by atoms with Gasteiger partial charge in [0.05, 0.1) is 0 Å². The number of aryl methyl sites for hydroxylation is 2. The van der Waals surface area contributed by atoms with Crippen molar-refractivity contribution in [3.63, 3.8) is 0 Å². The summed E-state index contributed by atoms with van der Waals surface area (Å²) >= 11 is 0. The Morgan fingerprint density at radius 1 is 1.33 bits per heavy atom. The maximum Gasteiger partial charge on any atom is 0.150 e. The van der Waals surface area contributed by atoms with Crippen LogP contribution >= 0.6 is 0 Å². The van der Waals surface area contributed by atoms with Crippen LogP contribution in [0.25, 0.3) is 0 Å². The Balaban J connectivity index is 3.39. The first kappa shape index (κ1) is 8.55. The summed E-state index contributed by atoms with van der Waals surface area (Å²) in [4.78, 5) is 10.5. The molecule has 0 aliphatic heterocycles. The summed E-state index contributed by atoms with van der Waals surface area (Å²) in [6.45, 7) is 3.84. The normalized spacial score (nSPS) is 9.08. The number of terminal acetylenes is 1. The summed E-state index contributed by atoms with van der Waals surface area (Å²) in [5.74, 6) is 2.54. The van der Waals surface area contributed by atoms with Crippen molar-refractivity contribution in [2.45, 2.75) is 13.8 Å². The average molecular weight is 158 g/mol. The molecule has 0 unspecified atom stereocenters. The predicted octanol–water partition coefficient (Wildman–Crippen LogP) is 2.10. The molecule has 0 saturated carbocycles. The SMILES string of the molecule is C#Cc1cc(C=O)c(C)cc1C. The molecule has 0 bridgehead atoms. The van der Waals surface area contributed by atoms with Gasteiger partial charge < -0.3 is 0 Å². The Morgan fingerprint density at radius 2 is 2.00 bits per heavy atom. The van der Waals surface area contributed by atoms with E-state index in [2.05, 4.69) is 5.92 Å². The van der Waals surface area contributed by atoms with E-state index >= 15 is 0 Å². The number of hydrogen-bond donors (Lipinski definition) is 0. The standard InChI is InChI=1S/C11H10O/c1-4-10-6-11(7-12)9(3)5-8(10)2/h1,5-7H,2-3H3. The Bertz CT molecular complexity index is 356. The predicted molar refractivity (Wildman–Crippen MR) is 49.2 cm³/mol. The molecule has 0 aromatic heterocycles. The Labute approximate surface area is 72.4 Å². The van der Waals surface area contributed by atoms with Gasteiger partial charge >= 0.3 is 0 Å². The van der Waals surface area contributed by atoms with Gasteiger partial charge in [-0.25, -0.2) is 0 Å². The molecule has 1 rings (SSSR count). The molecule has 1 nitrogen and oxygen atoms in total. The van der Waals surface area contributed by atoms with Gasteiger partial charge in [0.2, 0.25) is 0 Å². The lowest BCUT2D eigenvalue weighted by Gasteiger charge is -2.02. The van der Waals surface area contributed by atoms with Crippen LogP contribution in [0.3, 0.4) is 0 Å². The zero-order valence-electron chi connectivity index (χ0n) is 7.22. The fraction of sp³-hybridized carbons (Fsp3) is 0.182. The highest BCUT2D eigenvalue weighted by Gasteiger charge is 2.00. The summed E-state index contributed by atoms with van der Waals surface area (Å²) in [6.07, 6.45) is 6.09. The van der Waals surface area contributed by atoms with E-state index < -0.39 is 0 Å². The van der Waals surface area contributed by atoms with Gasteiger partial charge in [0.15, 0.2) is 0 Å². The van der Waals surface area contributed by atoms with Gasteiger partial charge in [-0.05, 0) is 31.0 Å². The molecular weight excluding hydrogens is 148 g/mol. The van der Waals surface area contributed by atoms with Crippen molar-refractivity contribution < 1.29 is 4.79 Å². The lowest BCUT2D eigenvalue weighted by molar-refractivity contribution is 0.112. The van der Waals surface area contributed by atoms with Gasteiger partial charge in [0.1, 0.15) is 6.29 Å². The van der Waals surface area contributed by atoms with Crippen LogP contribution in [-0.4, -0.2) is 6.29 Å². The third-order valence-corrected chi connectivity index (χ3v) is 1.90.